The van der Waals surface area contributed by atoms with Crippen molar-refractivity contribution in [1.82, 2.24) is 0 Å². The quantitative estimate of drug-likeness (QED) is 0.687. The maximum atomic E-state index is 11.9. The van der Waals surface area contributed by atoms with Gasteiger partial charge in [0.05, 0.1) is 0 Å². The van der Waals surface area contributed by atoms with Gasteiger partial charge in [-0.3, -0.25) is 4.79 Å². The molecule has 2 nitrogen and oxygen atoms in total. The van der Waals surface area contributed by atoms with E-state index in [0.717, 1.165) is 25.7 Å². The van der Waals surface area contributed by atoms with Crippen molar-refractivity contribution in [1.29, 1.82) is 0 Å². The molecule has 0 heterocycles. The highest BCUT2D eigenvalue weighted by molar-refractivity contribution is 5.80. The van der Waals surface area contributed by atoms with Crippen molar-refractivity contribution in [3.05, 3.63) is 0 Å². The Morgan fingerprint density at radius 2 is 2.06 bits per heavy atom. The van der Waals surface area contributed by atoms with Crippen LogP contribution in [-0.4, -0.2) is 11.3 Å². The van der Waals surface area contributed by atoms with Crippen molar-refractivity contribution in [2.45, 2.75) is 77.2 Å². The van der Waals surface area contributed by atoms with Crippen LogP contribution in [0.2, 0.25) is 0 Å². The topological polar surface area (TPSA) is 43.1 Å². The van der Waals surface area contributed by atoms with Gasteiger partial charge in [-0.05, 0) is 25.2 Å². The first-order valence-corrected chi connectivity index (χ1v) is 6.90. The van der Waals surface area contributed by atoms with Crippen LogP contribution in [0, 0.1) is 5.92 Å². The minimum atomic E-state index is -0.125. The molecule has 1 unspecified atom stereocenters. The third kappa shape index (κ3) is 4.25. The van der Waals surface area contributed by atoms with E-state index in [1.807, 2.05) is 0 Å². The number of hydrogen-bond donors (Lipinski definition) is 1. The van der Waals surface area contributed by atoms with E-state index in [1.165, 1.54) is 25.7 Å². The summed E-state index contributed by atoms with van der Waals surface area (Å²) in [5.74, 6) is 0.987. The monoisotopic (exact) mass is 225 g/mol. The highest BCUT2D eigenvalue weighted by atomic mass is 16.1. The molecule has 1 aliphatic rings. The van der Waals surface area contributed by atoms with Gasteiger partial charge in [0.2, 0.25) is 0 Å². The molecule has 1 rings (SSSR count). The second-order valence-electron chi connectivity index (χ2n) is 5.55. The summed E-state index contributed by atoms with van der Waals surface area (Å²) in [5.41, 5.74) is 5.98. The van der Waals surface area contributed by atoms with E-state index in [4.69, 9.17) is 5.73 Å². The number of ketones is 1. The second-order valence-corrected chi connectivity index (χ2v) is 5.55. The molecule has 0 bridgehead atoms. The van der Waals surface area contributed by atoms with E-state index < -0.39 is 0 Å². The molecular weight excluding hydrogens is 198 g/mol. The highest BCUT2D eigenvalue weighted by Gasteiger charge is 2.34. The molecule has 16 heavy (non-hydrogen) atoms. The molecule has 0 saturated heterocycles. The van der Waals surface area contributed by atoms with E-state index in [-0.39, 0.29) is 5.54 Å². The van der Waals surface area contributed by atoms with Crippen molar-refractivity contribution in [2.24, 2.45) is 11.7 Å². The zero-order valence-corrected chi connectivity index (χ0v) is 10.9. The number of carbonyl (C=O) groups is 1. The number of Topliss-reactive ketones (excluding diaryl/α,β-unsaturated/α-hetero) is 1. The van der Waals surface area contributed by atoms with E-state index in [0.29, 0.717) is 18.1 Å². The Morgan fingerprint density at radius 1 is 1.38 bits per heavy atom. The molecule has 2 N–H and O–H groups in total. The smallest absolute Gasteiger partial charge is 0.135 e. The largest absolute Gasteiger partial charge is 0.325 e. The number of hydrogen-bond acceptors (Lipinski definition) is 2. The van der Waals surface area contributed by atoms with Gasteiger partial charge in [0.25, 0.3) is 0 Å². The lowest BCUT2D eigenvalue weighted by Gasteiger charge is -2.37. The molecule has 0 radical (unpaired) electrons. The molecule has 0 aromatic rings. The van der Waals surface area contributed by atoms with Crippen molar-refractivity contribution in [3.8, 4) is 0 Å². The summed E-state index contributed by atoms with van der Waals surface area (Å²) < 4.78 is 0. The second kappa shape index (κ2) is 6.39. The standard InChI is InChI=1S/C14H27NO/c1-3-5-7-12(4-2)10-13(16)11-14(15)8-6-9-14/h12H,3-11,15H2,1-2H3. The van der Waals surface area contributed by atoms with Gasteiger partial charge in [-0.2, -0.15) is 0 Å². The van der Waals surface area contributed by atoms with Crippen LogP contribution in [-0.2, 0) is 4.79 Å². The van der Waals surface area contributed by atoms with Crippen LogP contribution < -0.4 is 5.73 Å². The first kappa shape index (κ1) is 13.7. The molecule has 0 aliphatic heterocycles. The van der Waals surface area contributed by atoms with Crippen molar-refractivity contribution < 1.29 is 4.79 Å². The van der Waals surface area contributed by atoms with Gasteiger partial charge in [0.15, 0.2) is 0 Å². The van der Waals surface area contributed by atoms with Gasteiger partial charge in [-0.15, -0.1) is 0 Å². The summed E-state index contributed by atoms with van der Waals surface area (Å²) in [6.07, 6.45) is 9.49. The zero-order valence-electron chi connectivity index (χ0n) is 10.9. The lowest BCUT2D eigenvalue weighted by molar-refractivity contribution is -0.121. The molecule has 0 amide bonds. The molecule has 0 aromatic heterocycles. The van der Waals surface area contributed by atoms with Crippen molar-refractivity contribution >= 4 is 5.78 Å². The molecule has 1 fully saturated rings. The maximum Gasteiger partial charge on any atom is 0.135 e. The van der Waals surface area contributed by atoms with Crippen LogP contribution in [0.25, 0.3) is 0 Å². The Morgan fingerprint density at radius 3 is 2.50 bits per heavy atom. The van der Waals surface area contributed by atoms with Crippen LogP contribution in [0.4, 0.5) is 0 Å². The first-order chi connectivity index (χ1) is 7.59. The Bertz CT molecular complexity index is 221. The van der Waals surface area contributed by atoms with Gasteiger partial charge in [0, 0.05) is 18.4 Å². The molecular formula is C14H27NO. The SMILES string of the molecule is CCCCC(CC)CC(=O)CC1(N)CCC1. The molecule has 2 heteroatoms. The van der Waals surface area contributed by atoms with Crippen molar-refractivity contribution in [2.75, 3.05) is 0 Å². The summed E-state index contributed by atoms with van der Waals surface area (Å²) in [6.45, 7) is 4.40. The number of carbonyl (C=O) groups excluding carboxylic acids is 1. The van der Waals surface area contributed by atoms with Gasteiger partial charge < -0.3 is 5.73 Å². The lowest BCUT2D eigenvalue weighted by Crippen LogP contribution is -2.48. The average Bonchev–Trinajstić information content (AvgIpc) is 2.21. The Labute approximate surface area is 100.0 Å². The molecule has 0 aromatic carbocycles. The van der Waals surface area contributed by atoms with Crippen LogP contribution in [0.1, 0.15) is 71.6 Å². The minimum Gasteiger partial charge on any atom is -0.325 e. The normalized spacial score (nSPS) is 20.2. The summed E-state index contributed by atoms with van der Waals surface area (Å²) in [5, 5.41) is 0. The fraction of sp³-hybridized carbons (Fsp3) is 0.929. The Balaban J connectivity index is 2.25. The van der Waals surface area contributed by atoms with Crippen LogP contribution >= 0.6 is 0 Å². The molecule has 1 aliphatic carbocycles. The predicted molar refractivity (Wildman–Crippen MR) is 68.3 cm³/mol. The Hall–Kier alpha value is -0.370. The first-order valence-electron chi connectivity index (χ1n) is 6.90. The Kier molecular flexibility index (Phi) is 5.47. The van der Waals surface area contributed by atoms with E-state index >= 15 is 0 Å². The third-order valence-corrected chi connectivity index (χ3v) is 3.96. The third-order valence-electron chi connectivity index (χ3n) is 3.96. The molecule has 0 spiro atoms. The van der Waals surface area contributed by atoms with Gasteiger partial charge in [-0.1, -0.05) is 39.5 Å². The van der Waals surface area contributed by atoms with Crippen LogP contribution in [0.15, 0.2) is 0 Å². The van der Waals surface area contributed by atoms with E-state index in [9.17, 15) is 4.79 Å². The van der Waals surface area contributed by atoms with Gasteiger partial charge >= 0.3 is 0 Å². The number of unbranched alkanes of at least 4 members (excludes halogenated alkanes) is 1. The minimum absolute atomic E-state index is 0.125. The zero-order chi connectivity index (χ0) is 12.0. The van der Waals surface area contributed by atoms with Crippen LogP contribution in [0.5, 0.6) is 0 Å². The number of rotatable bonds is 8. The molecule has 94 valence electrons. The van der Waals surface area contributed by atoms with Gasteiger partial charge in [0.1, 0.15) is 5.78 Å². The number of nitrogens with two attached hydrogens (primary N) is 1. The molecule has 1 saturated carbocycles. The fourth-order valence-electron chi connectivity index (χ4n) is 2.54. The summed E-state index contributed by atoms with van der Waals surface area (Å²) in [4.78, 5) is 11.9. The van der Waals surface area contributed by atoms with Crippen molar-refractivity contribution in [3.63, 3.8) is 0 Å². The average molecular weight is 225 g/mol. The predicted octanol–water partition coefficient (Wildman–Crippen LogP) is 3.43. The van der Waals surface area contributed by atoms with Crippen LogP contribution in [0.3, 0.4) is 0 Å². The maximum absolute atomic E-state index is 11.9. The lowest BCUT2D eigenvalue weighted by atomic mass is 9.73. The highest BCUT2D eigenvalue weighted by Crippen LogP contribution is 2.33. The van der Waals surface area contributed by atoms with Gasteiger partial charge in [-0.25, -0.2) is 0 Å². The molecule has 1 atom stereocenters. The summed E-state index contributed by atoms with van der Waals surface area (Å²) in [7, 11) is 0. The summed E-state index contributed by atoms with van der Waals surface area (Å²) >= 11 is 0. The fourth-order valence-corrected chi connectivity index (χ4v) is 2.54. The summed E-state index contributed by atoms with van der Waals surface area (Å²) in [6, 6.07) is 0. The van der Waals surface area contributed by atoms with E-state index in [2.05, 4.69) is 13.8 Å². The van der Waals surface area contributed by atoms with E-state index in [1.54, 1.807) is 0 Å².